The maximum atomic E-state index is 14.1. The van der Waals surface area contributed by atoms with Gasteiger partial charge in [0.05, 0.1) is 0 Å². The molecule has 218 valence electrons. The molecule has 2 fully saturated rings. The summed E-state index contributed by atoms with van der Waals surface area (Å²) in [5.41, 5.74) is 2.53. The van der Waals surface area contributed by atoms with E-state index in [1.807, 2.05) is 0 Å². The number of β-lactam (4-membered cyclic amide) rings is 1. The number of phenolic OH excluding ortho intramolecular Hbond substituents is 1. The number of urea groups is 1. The van der Waals surface area contributed by atoms with E-state index in [-0.39, 0.29) is 23.3 Å². The number of amides is 5. The Morgan fingerprint density at radius 3 is 2.43 bits per heavy atom. The lowest BCUT2D eigenvalue weighted by atomic mass is 9.90. The summed E-state index contributed by atoms with van der Waals surface area (Å²) >= 11 is 1.06. The first-order valence-electron chi connectivity index (χ1n) is 12.5. The number of hydrogen-bond acceptors (Lipinski definition) is 9. The molecular weight excluding hydrogens is 570 g/mol. The van der Waals surface area contributed by atoms with Gasteiger partial charge in [-0.2, -0.15) is 0 Å². The Morgan fingerprint density at radius 1 is 1.14 bits per heavy atom. The van der Waals surface area contributed by atoms with Crippen molar-refractivity contribution in [1.82, 2.24) is 15.5 Å². The van der Waals surface area contributed by atoms with Gasteiger partial charge in [-0.15, -0.1) is 11.8 Å². The highest BCUT2D eigenvalue weighted by Gasteiger charge is 2.72. The first-order chi connectivity index (χ1) is 19.8. The number of nitrogens with one attached hydrogen (secondary N) is 2. The van der Waals surface area contributed by atoms with Crippen LogP contribution in [0.5, 0.6) is 5.75 Å². The molecule has 0 spiro atoms. The molecule has 14 nitrogen and oxygen atoms in total. The number of thioether (sulfide) groups is 1. The zero-order valence-electron chi connectivity index (χ0n) is 22.1. The molecule has 3 heterocycles. The Morgan fingerprint density at radius 2 is 1.81 bits per heavy atom. The van der Waals surface area contributed by atoms with E-state index in [0.29, 0.717) is 10.3 Å². The van der Waals surface area contributed by atoms with Crippen molar-refractivity contribution >= 4 is 58.6 Å². The van der Waals surface area contributed by atoms with Crippen LogP contribution in [-0.4, -0.2) is 67.2 Å². The van der Waals surface area contributed by atoms with E-state index in [0.717, 1.165) is 16.7 Å². The molecule has 0 bridgehead atoms. The molecule has 2 aliphatic rings. The van der Waals surface area contributed by atoms with E-state index >= 15 is 0 Å². The van der Waals surface area contributed by atoms with Crippen molar-refractivity contribution in [1.29, 1.82) is 0 Å². The van der Waals surface area contributed by atoms with Gasteiger partial charge in [-0.3, -0.25) is 19.3 Å². The minimum absolute atomic E-state index is 0.0735. The molecule has 5 rings (SSSR count). The molecule has 1 aromatic heterocycles. The molecule has 15 heteroatoms. The number of rotatable bonds is 8. The van der Waals surface area contributed by atoms with Crippen LogP contribution >= 0.6 is 11.8 Å². The van der Waals surface area contributed by atoms with Crippen molar-refractivity contribution < 1.29 is 38.6 Å². The number of phenols is 1. The summed E-state index contributed by atoms with van der Waals surface area (Å²) in [6.07, 6.45) is 0.191. The Hall–Kier alpha value is -5.05. The molecule has 1 unspecified atom stereocenters. The van der Waals surface area contributed by atoms with Gasteiger partial charge in [0.25, 0.3) is 5.91 Å². The quantitative estimate of drug-likeness (QED) is 0.107. The monoisotopic (exact) mass is 595 g/mol. The molecule has 5 amide bonds. The van der Waals surface area contributed by atoms with Crippen LogP contribution in [0, 0.1) is 0 Å². The van der Waals surface area contributed by atoms with Gasteiger partial charge in [0.1, 0.15) is 34.5 Å². The number of nitrogens with two attached hydrogens (primary N) is 1. The average Bonchev–Trinajstić information content (AvgIpc) is 3.20. The number of anilines is 1. The van der Waals surface area contributed by atoms with E-state index in [2.05, 4.69) is 10.6 Å². The van der Waals surface area contributed by atoms with Crippen LogP contribution in [0.3, 0.4) is 0 Å². The van der Waals surface area contributed by atoms with Crippen molar-refractivity contribution in [3.63, 3.8) is 0 Å². The number of para-hydroxylation sites is 1. The number of aromatic hydroxyl groups is 1. The van der Waals surface area contributed by atoms with E-state index in [4.69, 9.17) is 10.2 Å². The second-order valence-corrected chi connectivity index (χ2v) is 12.0. The standard InChI is InChI=1S/C27H25N5O9S/c1-26(2)19(21(36)37)32-23(39)27(29-12-33,24(32)42-26)30-20(35)18(13-7-9-15(34)10-8-13)31(25(28)40)16-11-14-5-3-4-6-17(14)41-22(16)38/h3-12,18-19,24,34H,1-2H3,(H2,28,40)(H,29,33)(H,30,35)(H,36,37)/t18?,19-,24+,27+/m0/s1. The summed E-state index contributed by atoms with van der Waals surface area (Å²) < 4.78 is 4.36. The summed E-state index contributed by atoms with van der Waals surface area (Å²) in [5.74, 6) is -3.37. The molecule has 6 N–H and O–H groups in total. The number of carbonyl (C=O) groups excluding carboxylic acids is 4. The van der Waals surface area contributed by atoms with Gasteiger partial charge in [0.2, 0.25) is 18.0 Å². The van der Waals surface area contributed by atoms with E-state index in [9.17, 15) is 39.0 Å². The van der Waals surface area contributed by atoms with Gasteiger partial charge in [-0.25, -0.2) is 14.4 Å². The first-order valence-corrected chi connectivity index (χ1v) is 13.4. The third-order valence-corrected chi connectivity index (χ3v) is 8.86. The predicted octanol–water partition coefficient (Wildman–Crippen LogP) is 0.830. The largest absolute Gasteiger partial charge is 0.508 e. The van der Waals surface area contributed by atoms with Gasteiger partial charge >= 0.3 is 17.6 Å². The number of carbonyl (C=O) groups is 5. The molecule has 0 radical (unpaired) electrons. The van der Waals surface area contributed by atoms with Gasteiger partial charge in [-0.05, 0) is 43.7 Å². The molecular formula is C27H25N5O9S. The summed E-state index contributed by atoms with van der Waals surface area (Å²) in [5, 5.41) is 23.8. The molecule has 4 atom stereocenters. The van der Waals surface area contributed by atoms with Crippen LogP contribution in [0.2, 0.25) is 0 Å². The average molecular weight is 596 g/mol. The molecule has 3 aromatic rings. The van der Waals surface area contributed by atoms with Crippen molar-refractivity contribution in [2.45, 2.75) is 41.7 Å². The van der Waals surface area contributed by atoms with Crippen LogP contribution in [0.4, 0.5) is 10.5 Å². The minimum Gasteiger partial charge on any atom is -0.508 e. The smallest absolute Gasteiger partial charge is 0.360 e. The second-order valence-electron chi connectivity index (χ2n) is 10.2. The number of primary amides is 1. The summed E-state index contributed by atoms with van der Waals surface area (Å²) in [7, 11) is 0. The lowest BCUT2D eigenvalue weighted by Crippen LogP contribution is -2.85. The minimum atomic E-state index is -2.09. The molecule has 2 aromatic carbocycles. The number of fused-ring (bicyclic) bond motifs is 2. The van der Waals surface area contributed by atoms with Gasteiger partial charge in [0.15, 0.2) is 0 Å². The van der Waals surface area contributed by atoms with Crippen LogP contribution in [-0.2, 0) is 19.2 Å². The maximum Gasteiger partial charge on any atom is 0.360 e. The molecule has 0 aliphatic carbocycles. The number of carboxylic acid groups (broad SMARTS) is 1. The number of hydrogen-bond donors (Lipinski definition) is 5. The summed E-state index contributed by atoms with van der Waals surface area (Å²) in [4.78, 5) is 79.0. The van der Waals surface area contributed by atoms with Crippen molar-refractivity contribution in [2.24, 2.45) is 5.73 Å². The van der Waals surface area contributed by atoms with Crippen molar-refractivity contribution in [3.8, 4) is 5.75 Å². The van der Waals surface area contributed by atoms with E-state index in [1.165, 1.54) is 36.4 Å². The lowest BCUT2D eigenvalue weighted by molar-refractivity contribution is -0.172. The van der Waals surface area contributed by atoms with Gasteiger partial charge in [0, 0.05) is 10.1 Å². The van der Waals surface area contributed by atoms with E-state index < -0.39 is 63.0 Å². The second kappa shape index (κ2) is 10.1. The van der Waals surface area contributed by atoms with Gasteiger partial charge < -0.3 is 35.9 Å². The lowest BCUT2D eigenvalue weighted by Gasteiger charge is -2.52. The number of nitrogens with zero attached hydrogens (tertiary/aromatic N) is 2. The van der Waals surface area contributed by atoms with E-state index in [1.54, 1.807) is 32.0 Å². The SMILES string of the molecule is CC1(C)S[C@H]2N(C(=O)[C@@]2(NC=O)NC(=O)C(c2ccc(O)cc2)N(C(N)=O)c2cc3ccccc3oc2=O)[C@H]1C(=O)O. The fraction of sp³-hybridized carbons (Fsp3) is 0.259. The molecule has 2 saturated heterocycles. The van der Waals surface area contributed by atoms with Crippen LogP contribution in [0.15, 0.2) is 63.8 Å². The van der Waals surface area contributed by atoms with Gasteiger partial charge in [-0.1, -0.05) is 30.3 Å². The fourth-order valence-corrected chi connectivity index (χ4v) is 7.03. The highest BCUT2D eigenvalue weighted by Crippen LogP contribution is 2.54. The van der Waals surface area contributed by atoms with Crippen LogP contribution in [0.25, 0.3) is 11.0 Å². The number of benzene rings is 2. The zero-order valence-corrected chi connectivity index (χ0v) is 23.0. The third-order valence-electron chi connectivity index (χ3n) is 7.22. The summed E-state index contributed by atoms with van der Waals surface area (Å²) in [6, 6.07) is 8.65. The normalized spacial score (nSPS) is 22.9. The highest BCUT2D eigenvalue weighted by molar-refractivity contribution is 8.01. The Bertz CT molecular complexity index is 1690. The topological polar surface area (TPSA) is 213 Å². The predicted molar refractivity (Wildman–Crippen MR) is 149 cm³/mol. The molecule has 42 heavy (non-hydrogen) atoms. The fourth-order valence-electron chi connectivity index (χ4n) is 5.38. The third kappa shape index (κ3) is 4.38. The number of carboxylic acids is 1. The Balaban J connectivity index is 1.61. The Kier molecular flexibility index (Phi) is 6.85. The maximum absolute atomic E-state index is 14.1. The zero-order chi connectivity index (χ0) is 30.6. The van der Waals surface area contributed by atoms with Crippen LogP contribution < -0.4 is 26.9 Å². The van der Waals surface area contributed by atoms with Crippen molar-refractivity contribution in [2.75, 3.05) is 4.90 Å². The summed E-state index contributed by atoms with van der Waals surface area (Å²) in [6.45, 7) is 3.23. The number of aliphatic carboxylic acids is 1. The molecule has 0 saturated carbocycles. The highest BCUT2D eigenvalue weighted by atomic mass is 32.2. The molecule has 2 aliphatic heterocycles. The van der Waals surface area contributed by atoms with Crippen molar-refractivity contribution in [3.05, 3.63) is 70.6 Å². The van der Waals surface area contributed by atoms with Crippen LogP contribution in [0.1, 0.15) is 25.5 Å². The Labute approximate surface area is 241 Å². The first kappa shape index (κ1) is 28.5.